The number of esters is 1. The minimum Gasteiger partial charge on any atom is -0.462 e. The molecule has 0 fully saturated rings. The summed E-state index contributed by atoms with van der Waals surface area (Å²) >= 11 is 1.22. The van der Waals surface area contributed by atoms with Gasteiger partial charge in [0.1, 0.15) is 10.6 Å². The molecular weight excluding hydrogens is 548 g/mol. The number of fused-ring (bicyclic) bond motifs is 1. The third kappa shape index (κ3) is 4.88. The minimum atomic E-state index is -0.545. The van der Waals surface area contributed by atoms with Gasteiger partial charge in [-0.05, 0) is 53.9 Å². The average Bonchev–Trinajstić information content (AvgIpc) is 3.56. The molecule has 0 saturated heterocycles. The first-order valence-corrected chi connectivity index (χ1v) is 14.2. The highest BCUT2D eigenvalue weighted by Crippen LogP contribution is 2.37. The second-order valence-corrected chi connectivity index (χ2v) is 10.4. The molecule has 0 aliphatic carbocycles. The third-order valence-electron chi connectivity index (χ3n) is 6.96. The van der Waals surface area contributed by atoms with Gasteiger partial charge in [0.15, 0.2) is 0 Å². The van der Waals surface area contributed by atoms with E-state index in [0.29, 0.717) is 21.7 Å². The number of nitrogens with one attached hydrogen (secondary N) is 1. The van der Waals surface area contributed by atoms with Crippen molar-refractivity contribution < 1.29 is 23.9 Å². The van der Waals surface area contributed by atoms with Crippen LogP contribution in [-0.2, 0) is 4.74 Å². The molecule has 1 N–H and O–H groups in total. The summed E-state index contributed by atoms with van der Waals surface area (Å²) in [7, 11) is 0. The van der Waals surface area contributed by atoms with E-state index in [4.69, 9.17) is 4.74 Å². The number of rotatable bonds is 7. The monoisotopic (exact) mass is 572 g/mol. The van der Waals surface area contributed by atoms with E-state index in [1.54, 1.807) is 49.4 Å². The van der Waals surface area contributed by atoms with Crippen LogP contribution in [0.25, 0.3) is 22.3 Å². The first-order chi connectivity index (χ1) is 20.5. The lowest BCUT2D eigenvalue weighted by Crippen LogP contribution is -2.29. The first-order valence-electron chi connectivity index (χ1n) is 13.3. The van der Waals surface area contributed by atoms with Gasteiger partial charge in [0.25, 0.3) is 17.7 Å². The zero-order valence-electron chi connectivity index (χ0n) is 22.5. The fourth-order valence-electron chi connectivity index (χ4n) is 4.93. The maximum Gasteiger partial charge on any atom is 0.341 e. The van der Waals surface area contributed by atoms with Gasteiger partial charge in [-0.15, -0.1) is 11.3 Å². The van der Waals surface area contributed by atoms with Gasteiger partial charge in [-0.25, -0.2) is 9.69 Å². The Bertz CT molecular complexity index is 1810. The molecule has 0 radical (unpaired) electrons. The maximum atomic E-state index is 13.4. The molecule has 7 nitrogen and oxygen atoms in total. The number of hydrogen-bond donors (Lipinski definition) is 1. The molecule has 42 heavy (non-hydrogen) atoms. The lowest BCUT2D eigenvalue weighted by Gasteiger charge is -2.15. The lowest BCUT2D eigenvalue weighted by molar-refractivity contribution is 0.0528. The predicted octanol–water partition coefficient (Wildman–Crippen LogP) is 7.31. The van der Waals surface area contributed by atoms with Crippen LogP contribution < -0.4 is 10.2 Å². The molecule has 0 unspecified atom stereocenters. The molecule has 1 aliphatic rings. The van der Waals surface area contributed by atoms with Crippen LogP contribution in [0.5, 0.6) is 0 Å². The van der Waals surface area contributed by atoms with E-state index in [9.17, 15) is 19.2 Å². The third-order valence-corrected chi connectivity index (χ3v) is 7.86. The number of thiophene rings is 1. The Kier molecular flexibility index (Phi) is 7.21. The zero-order valence-corrected chi connectivity index (χ0v) is 23.3. The first kappa shape index (κ1) is 26.9. The number of carbonyl (C=O) groups is 4. The van der Waals surface area contributed by atoms with Crippen molar-refractivity contribution in [3.8, 4) is 22.3 Å². The number of benzene rings is 4. The van der Waals surface area contributed by atoms with Gasteiger partial charge in [-0.1, -0.05) is 72.8 Å². The SMILES string of the molecule is CCOC(=O)c1c(-c2ccc(-c3ccccc3)cc2)csc1NC(=O)c1cccc(N2C(=O)c3ccccc3C2=O)c1. The normalized spacial score (nSPS) is 12.3. The number of anilines is 2. The van der Waals surface area contributed by atoms with Crippen molar-refractivity contribution in [1.29, 1.82) is 0 Å². The second-order valence-electron chi connectivity index (χ2n) is 9.51. The smallest absolute Gasteiger partial charge is 0.341 e. The van der Waals surface area contributed by atoms with Crippen molar-refractivity contribution in [1.82, 2.24) is 0 Å². The molecule has 3 amide bonds. The molecule has 5 aromatic rings. The van der Waals surface area contributed by atoms with Gasteiger partial charge in [0.2, 0.25) is 0 Å². The van der Waals surface area contributed by atoms with E-state index in [2.05, 4.69) is 5.32 Å². The van der Waals surface area contributed by atoms with Crippen LogP contribution in [0.1, 0.15) is 48.4 Å². The summed E-state index contributed by atoms with van der Waals surface area (Å²) in [6.45, 7) is 1.90. The molecule has 0 spiro atoms. The van der Waals surface area contributed by atoms with Crippen molar-refractivity contribution in [2.45, 2.75) is 6.92 Å². The number of ether oxygens (including phenoxy) is 1. The van der Waals surface area contributed by atoms with Crippen molar-refractivity contribution in [3.63, 3.8) is 0 Å². The van der Waals surface area contributed by atoms with E-state index >= 15 is 0 Å². The Morgan fingerprint density at radius 3 is 2.02 bits per heavy atom. The molecule has 0 bridgehead atoms. The largest absolute Gasteiger partial charge is 0.462 e. The summed E-state index contributed by atoms with van der Waals surface area (Å²) in [5.74, 6) is -1.93. The van der Waals surface area contributed by atoms with Crippen LogP contribution in [0.3, 0.4) is 0 Å². The van der Waals surface area contributed by atoms with Gasteiger partial charge >= 0.3 is 5.97 Å². The number of hydrogen-bond acceptors (Lipinski definition) is 6. The summed E-state index contributed by atoms with van der Waals surface area (Å²) in [5.41, 5.74) is 4.98. The topological polar surface area (TPSA) is 92.8 Å². The van der Waals surface area contributed by atoms with Crippen LogP contribution in [0.15, 0.2) is 109 Å². The number of amides is 3. The minimum absolute atomic E-state index is 0.177. The standard InChI is InChI=1S/C34H24N2O5S/c1-2-41-34(40)29-28(23-17-15-22(16-18-23)21-9-4-3-5-10-21)20-42-31(29)35-30(37)24-11-8-12-25(19-24)36-32(38)26-13-6-7-14-27(26)33(36)39/h3-20H,2H2,1H3,(H,35,37). The molecule has 4 aromatic carbocycles. The van der Waals surface area contributed by atoms with E-state index < -0.39 is 23.7 Å². The number of carbonyl (C=O) groups excluding carboxylic acids is 4. The Hall–Kier alpha value is -5.34. The summed E-state index contributed by atoms with van der Waals surface area (Å²) in [5, 5.41) is 4.99. The quantitative estimate of drug-likeness (QED) is 0.163. The molecule has 206 valence electrons. The van der Waals surface area contributed by atoms with Gasteiger partial charge in [0, 0.05) is 16.5 Å². The number of nitrogens with zero attached hydrogens (tertiary/aromatic N) is 1. The van der Waals surface area contributed by atoms with Crippen molar-refractivity contribution in [2.24, 2.45) is 0 Å². The van der Waals surface area contributed by atoms with Gasteiger partial charge in [-0.2, -0.15) is 0 Å². The van der Waals surface area contributed by atoms with E-state index in [1.807, 2.05) is 60.0 Å². The van der Waals surface area contributed by atoms with E-state index in [0.717, 1.165) is 21.6 Å². The molecule has 1 aliphatic heterocycles. The van der Waals surface area contributed by atoms with Gasteiger partial charge < -0.3 is 10.1 Å². The summed E-state index contributed by atoms with van der Waals surface area (Å²) in [6, 6.07) is 30.7. The van der Waals surface area contributed by atoms with Crippen molar-refractivity contribution in [3.05, 3.63) is 131 Å². The highest BCUT2D eigenvalue weighted by atomic mass is 32.1. The molecular formula is C34H24N2O5S. The van der Waals surface area contributed by atoms with E-state index in [1.165, 1.54) is 17.4 Å². The second kappa shape index (κ2) is 11.3. The Morgan fingerprint density at radius 1 is 0.738 bits per heavy atom. The van der Waals surface area contributed by atoms with Crippen LogP contribution >= 0.6 is 11.3 Å². The Labute approximate surface area is 246 Å². The molecule has 6 rings (SSSR count). The zero-order chi connectivity index (χ0) is 29.2. The molecule has 0 atom stereocenters. The van der Waals surface area contributed by atoms with Gasteiger partial charge in [-0.3, -0.25) is 14.4 Å². The summed E-state index contributed by atoms with van der Waals surface area (Å²) in [4.78, 5) is 53.5. The predicted molar refractivity (Wildman–Crippen MR) is 163 cm³/mol. The van der Waals surface area contributed by atoms with Gasteiger partial charge in [0.05, 0.1) is 23.4 Å². The summed E-state index contributed by atoms with van der Waals surface area (Å²) in [6.07, 6.45) is 0. The molecule has 1 aromatic heterocycles. The van der Waals surface area contributed by atoms with Crippen LogP contribution in [0, 0.1) is 0 Å². The Balaban J connectivity index is 1.28. The van der Waals surface area contributed by atoms with Crippen LogP contribution in [0.2, 0.25) is 0 Å². The average molecular weight is 573 g/mol. The molecule has 8 heteroatoms. The van der Waals surface area contributed by atoms with Crippen LogP contribution in [0.4, 0.5) is 10.7 Å². The van der Waals surface area contributed by atoms with Crippen molar-refractivity contribution >= 4 is 45.7 Å². The van der Waals surface area contributed by atoms with Crippen LogP contribution in [-0.4, -0.2) is 30.3 Å². The summed E-state index contributed by atoms with van der Waals surface area (Å²) < 4.78 is 5.35. The Morgan fingerprint density at radius 2 is 1.36 bits per heavy atom. The maximum absolute atomic E-state index is 13.4. The fraction of sp³-hybridized carbons (Fsp3) is 0.0588. The lowest BCUT2D eigenvalue weighted by atomic mass is 9.99. The fourth-order valence-corrected chi connectivity index (χ4v) is 5.88. The molecule has 0 saturated carbocycles. The highest BCUT2D eigenvalue weighted by Gasteiger charge is 2.36. The van der Waals surface area contributed by atoms with E-state index in [-0.39, 0.29) is 23.4 Å². The molecule has 2 heterocycles. The highest BCUT2D eigenvalue weighted by molar-refractivity contribution is 7.15. The van der Waals surface area contributed by atoms with Crippen molar-refractivity contribution in [2.75, 3.05) is 16.8 Å². The number of imide groups is 1.